The zero-order valence-electron chi connectivity index (χ0n) is 10.5. The second kappa shape index (κ2) is 10.0. The molecule has 0 rings (SSSR count). The van der Waals surface area contributed by atoms with Crippen LogP contribution in [-0.2, 0) is 14.3 Å². The minimum absolute atomic E-state index is 0.0803. The van der Waals surface area contributed by atoms with E-state index in [2.05, 4.69) is 10.6 Å². The first kappa shape index (κ1) is 15.9. The third-order valence-corrected chi connectivity index (χ3v) is 2.27. The number of carbonyl (C=O) groups excluding carboxylic acids is 1. The number of methoxy groups -OCH3 is 1. The normalized spacial score (nSPS) is 12.1. The van der Waals surface area contributed by atoms with Crippen molar-refractivity contribution in [3.05, 3.63) is 0 Å². The molecule has 0 aliphatic rings. The van der Waals surface area contributed by atoms with Gasteiger partial charge in [0, 0.05) is 26.6 Å². The Bertz CT molecular complexity index is 234. The highest BCUT2D eigenvalue weighted by atomic mass is 16.5. The number of carboxylic acid groups (broad SMARTS) is 1. The first-order chi connectivity index (χ1) is 8.06. The largest absolute Gasteiger partial charge is 0.481 e. The summed E-state index contributed by atoms with van der Waals surface area (Å²) < 4.78 is 4.83. The Kier molecular flexibility index (Phi) is 9.37. The van der Waals surface area contributed by atoms with Crippen molar-refractivity contribution in [3.8, 4) is 0 Å². The maximum atomic E-state index is 11.3. The zero-order valence-corrected chi connectivity index (χ0v) is 10.5. The molecule has 0 spiro atoms. The fraction of sp³-hybridized carbons (Fsp3) is 0.818. The van der Waals surface area contributed by atoms with Crippen LogP contribution < -0.4 is 10.6 Å². The van der Waals surface area contributed by atoms with Crippen LogP contribution in [-0.4, -0.2) is 50.3 Å². The maximum Gasteiger partial charge on any atom is 0.303 e. The molecule has 0 heterocycles. The van der Waals surface area contributed by atoms with Crippen molar-refractivity contribution in [2.45, 2.75) is 19.8 Å². The fourth-order valence-electron chi connectivity index (χ4n) is 1.20. The van der Waals surface area contributed by atoms with Gasteiger partial charge in [-0.2, -0.15) is 0 Å². The van der Waals surface area contributed by atoms with Crippen LogP contribution in [0.5, 0.6) is 0 Å². The lowest BCUT2D eigenvalue weighted by Gasteiger charge is -2.11. The van der Waals surface area contributed by atoms with Gasteiger partial charge in [0.1, 0.15) is 0 Å². The molecule has 0 aliphatic carbocycles. The molecule has 17 heavy (non-hydrogen) atoms. The first-order valence-corrected chi connectivity index (χ1v) is 5.74. The molecule has 0 fully saturated rings. The van der Waals surface area contributed by atoms with Gasteiger partial charge in [0.25, 0.3) is 0 Å². The van der Waals surface area contributed by atoms with Crippen molar-refractivity contribution in [2.75, 3.05) is 33.4 Å². The smallest absolute Gasteiger partial charge is 0.303 e. The predicted molar refractivity (Wildman–Crippen MR) is 63.8 cm³/mol. The van der Waals surface area contributed by atoms with Gasteiger partial charge in [0.15, 0.2) is 0 Å². The van der Waals surface area contributed by atoms with E-state index >= 15 is 0 Å². The predicted octanol–water partition coefficient (Wildman–Crippen LogP) is -0.160. The number of nitrogens with one attached hydrogen (secondary N) is 2. The molecule has 1 unspecified atom stereocenters. The summed E-state index contributed by atoms with van der Waals surface area (Å²) in [6.45, 7) is 3.90. The van der Waals surface area contributed by atoms with Gasteiger partial charge in [0.05, 0.1) is 13.2 Å². The number of ether oxygens (including phenoxy) is 1. The van der Waals surface area contributed by atoms with Crippen LogP contribution in [0.15, 0.2) is 0 Å². The Morgan fingerprint density at radius 1 is 1.41 bits per heavy atom. The second-order valence-corrected chi connectivity index (χ2v) is 4.01. The Labute approximate surface area is 102 Å². The van der Waals surface area contributed by atoms with Gasteiger partial charge in [-0.1, -0.05) is 6.92 Å². The van der Waals surface area contributed by atoms with E-state index in [4.69, 9.17) is 9.84 Å². The summed E-state index contributed by atoms with van der Waals surface area (Å²) in [5, 5.41) is 14.2. The highest BCUT2D eigenvalue weighted by Gasteiger charge is 2.07. The van der Waals surface area contributed by atoms with Crippen LogP contribution in [0.2, 0.25) is 0 Å². The van der Waals surface area contributed by atoms with Crippen molar-refractivity contribution in [2.24, 2.45) is 5.92 Å². The van der Waals surface area contributed by atoms with Crippen molar-refractivity contribution in [1.29, 1.82) is 0 Å². The van der Waals surface area contributed by atoms with E-state index in [9.17, 15) is 9.59 Å². The van der Waals surface area contributed by atoms with E-state index < -0.39 is 5.97 Å². The molecule has 6 nitrogen and oxygen atoms in total. The van der Waals surface area contributed by atoms with E-state index in [1.807, 2.05) is 6.92 Å². The molecular formula is C11H22N2O4. The molecule has 1 atom stereocenters. The van der Waals surface area contributed by atoms with Gasteiger partial charge in [-0.25, -0.2) is 0 Å². The first-order valence-electron chi connectivity index (χ1n) is 5.74. The van der Waals surface area contributed by atoms with E-state index in [1.54, 1.807) is 7.11 Å². The molecule has 0 saturated heterocycles. The van der Waals surface area contributed by atoms with Crippen LogP contribution >= 0.6 is 0 Å². The third kappa shape index (κ3) is 11.1. The van der Waals surface area contributed by atoms with Crippen LogP contribution in [0.1, 0.15) is 19.8 Å². The SMILES string of the molecule is COCCNCC(=O)NCC(C)CCC(=O)O. The molecule has 0 saturated carbocycles. The molecular weight excluding hydrogens is 224 g/mol. The topological polar surface area (TPSA) is 87.7 Å². The second-order valence-electron chi connectivity index (χ2n) is 4.01. The minimum atomic E-state index is -0.801. The molecule has 0 radical (unpaired) electrons. The summed E-state index contributed by atoms with van der Waals surface area (Å²) in [5.41, 5.74) is 0. The molecule has 0 aromatic rings. The van der Waals surface area contributed by atoms with Gasteiger partial charge < -0.3 is 20.5 Å². The Morgan fingerprint density at radius 2 is 2.12 bits per heavy atom. The molecule has 1 amide bonds. The van der Waals surface area contributed by atoms with Crippen LogP contribution in [0.25, 0.3) is 0 Å². The number of hydrogen-bond donors (Lipinski definition) is 3. The maximum absolute atomic E-state index is 11.3. The average Bonchev–Trinajstić information content (AvgIpc) is 2.29. The number of amides is 1. The molecule has 6 heteroatoms. The van der Waals surface area contributed by atoms with Crippen LogP contribution in [0.4, 0.5) is 0 Å². The fourth-order valence-corrected chi connectivity index (χ4v) is 1.20. The molecule has 0 aliphatic heterocycles. The highest BCUT2D eigenvalue weighted by Crippen LogP contribution is 2.03. The van der Waals surface area contributed by atoms with Gasteiger partial charge in [-0.3, -0.25) is 9.59 Å². The quantitative estimate of drug-likeness (QED) is 0.466. The van der Waals surface area contributed by atoms with Crippen molar-refractivity contribution in [3.63, 3.8) is 0 Å². The van der Waals surface area contributed by atoms with Crippen molar-refractivity contribution >= 4 is 11.9 Å². The molecule has 0 aromatic carbocycles. The average molecular weight is 246 g/mol. The molecule has 0 bridgehead atoms. The van der Waals surface area contributed by atoms with Crippen LogP contribution in [0, 0.1) is 5.92 Å². The third-order valence-electron chi connectivity index (χ3n) is 2.27. The van der Waals surface area contributed by atoms with E-state index in [0.29, 0.717) is 26.1 Å². The lowest BCUT2D eigenvalue weighted by Crippen LogP contribution is -2.37. The lowest BCUT2D eigenvalue weighted by molar-refractivity contribution is -0.137. The summed E-state index contributed by atoms with van der Waals surface area (Å²) in [5.74, 6) is -0.707. The number of carbonyl (C=O) groups is 2. The van der Waals surface area contributed by atoms with E-state index in [-0.39, 0.29) is 24.8 Å². The minimum Gasteiger partial charge on any atom is -0.481 e. The summed E-state index contributed by atoms with van der Waals surface area (Å²) in [7, 11) is 1.60. The number of carboxylic acids is 1. The lowest BCUT2D eigenvalue weighted by atomic mass is 10.1. The molecule has 3 N–H and O–H groups in total. The Morgan fingerprint density at radius 3 is 2.71 bits per heavy atom. The standard InChI is InChI=1S/C11H22N2O4/c1-9(3-4-11(15)16)7-13-10(14)8-12-5-6-17-2/h9,12H,3-8H2,1-2H3,(H,13,14)(H,15,16). The Balaban J connectivity index is 3.45. The monoisotopic (exact) mass is 246 g/mol. The number of rotatable bonds is 10. The molecule has 0 aromatic heterocycles. The number of aliphatic carboxylic acids is 1. The summed E-state index contributed by atoms with van der Waals surface area (Å²) in [4.78, 5) is 21.7. The van der Waals surface area contributed by atoms with Gasteiger partial charge in [-0.15, -0.1) is 0 Å². The molecule has 100 valence electrons. The summed E-state index contributed by atoms with van der Waals surface area (Å²) >= 11 is 0. The van der Waals surface area contributed by atoms with Gasteiger partial charge in [0.2, 0.25) is 5.91 Å². The van der Waals surface area contributed by atoms with Crippen molar-refractivity contribution < 1.29 is 19.4 Å². The number of hydrogen-bond acceptors (Lipinski definition) is 4. The highest BCUT2D eigenvalue weighted by molar-refractivity contribution is 5.77. The Hall–Kier alpha value is -1.14. The van der Waals surface area contributed by atoms with Crippen LogP contribution in [0.3, 0.4) is 0 Å². The summed E-state index contributed by atoms with van der Waals surface area (Å²) in [6, 6.07) is 0. The van der Waals surface area contributed by atoms with Crippen molar-refractivity contribution in [1.82, 2.24) is 10.6 Å². The van der Waals surface area contributed by atoms with Gasteiger partial charge in [-0.05, 0) is 12.3 Å². The van der Waals surface area contributed by atoms with E-state index in [1.165, 1.54) is 0 Å². The zero-order chi connectivity index (χ0) is 13.1. The summed E-state index contributed by atoms with van der Waals surface area (Å²) in [6.07, 6.45) is 0.718. The van der Waals surface area contributed by atoms with Gasteiger partial charge >= 0.3 is 5.97 Å². The van der Waals surface area contributed by atoms with E-state index in [0.717, 1.165) is 0 Å².